The molecule has 0 heterocycles. The molecule has 0 saturated carbocycles. The van der Waals surface area contributed by atoms with E-state index in [-0.39, 0.29) is 0 Å². The summed E-state index contributed by atoms with van der Waals surface area (Å²) in [6, 6.07) is 0. The lowest BCUT2D eigenvalue weighted by Gasteiger charge is -2.43. The lowest BCUT2D eigenvalue weighted by Crippen LogP contribution is -2.75. The van der Waals surface area contributed by atoms with Gasteiger partial charge in [-0.3, -0.25) is 9.45 Å². The average molecular weight is 782 g/mol. The zero-order chi connectivity index (χ0) is 38.1. The van der Waals surface area contributed by atoms with E-state index in [4.69, 9.17) is 14.8 Å². The van der Waals surface area contributed by atoms with Crippen molar-refractivity contribution in [3.8, 4) is 0 Å². The molecule has 0 fully saturated rings. The van der Waals surface area contributed by atoms with Gasteiger partial charge in [-0.15, -0.1) is 0 Å². The minimum absolute atomic E-state index is 0.519. The SMILES string of the molecule is O=S(=O)(O)CCCN(CC(O)CN(CCO)CCO)S(=O)(=O)C(F)(F)C(F)(F)C(F)(F)C(F)(F)C(F)(F)C(F)(F)C(F)(F)C(F)(F)F. The van der Waals surface area contributed by atoms with Gasteiger partial charge in [0.1, 0.15) is 0 Å². The fourth-order valence-corrected chi connectivity index (χ4v) is 5.38. The highest BCUT2D eigenvalue weighted by molar-refractivity contribution is 7.90. The van der Waals surface area contributed by atoms with Crippen molar-refractivity contribution < 1.29 is 111 Å². The number of hydrogen-bond donors (Lipinski definition) is 4. The first-order chi connectivity index (χ1) is 20.5. The Morgan fingerprint density at radius 2 is 0.915 bits per heavy atom. The van der Waals surface area contributed by atoms with Crippen LogP contribution in [0.25, 0.3) is 0 Å². The summed E-state index contributed by atoms with van der Waals surface area (Å²) < 4.78 is 285. The average Bonchev–Trinajstić information content (AvgIpc) is 2.86. The molecule has 0 aliphatic rings. The molecule has 0 amide bonds. The first-order valence-corrected chi connectivity index (χ1v) is 14.8. The second-order valence-corrected chi connectivity index (χ2v) is 12.9. The van der Waals surface area contributed by atoms with Crippen LogP contribution < -0.4 is 0 Å². The monoisotopic (exact) mass is 782 g/mol. The molecule has 284 valence electrons. The van der Waals surface area contributed by atoms with Gasteiger partial charge in [-0.1, -0.05) is 0 Å². The minimum Gasteiger partial charge on any atom is -0.395 e. The second-order valence-electron chi connectivity index (χ2n) is 9.37. The van der Waals surface area contributed by atoms with Gasteiger partial charge in [0, 0.05) is 32.7 Å². The molecule has 1 unspecified atom stereocenters. The molecule has 4 N–H and O–H groups in total. The number of halogens is 17. The van der Waals surface area contributed by atoms with Gasteiger partial charge in [-0.2, -0.15) is 87.4 Å². The number of hydrogen-bond acceptors (Lipinski definition) is 8. The number of nitrogens with zero attached hydrogens (tertiary/aromatic N) is 2. The topological polar surface area (TPSA) is 156 Å². The third-order valence-corrected chi connectivity index (χ3v) is 8.60. The molecule has 0 bridgehead atoms. The first-order valence-electron chi connectivity index (χ1n) is 11.8. The van der Waals surface area contributed by atoms with Crippen LogP contribution in [0, 0.1) is 0 Å². The van der Waals surface area contributed by atoms with Crippen molar-refractivity contribution in [1.82, 2.24) is 9.21 Å². The lowest BCUT2D eigenvalue weighted by atomic mass is 9.91. The summed E-state index contributed by atoms with van der Waals surface area (Å²) >= 11 is 0. The minimum atomic E-state index is -9.06. The van der Waals surface area contributed by atoms with E-state index in [0.29, 0.717) is 0 Å². The molecule has 0 spiro atoms. The molecule has 0 rings (SSSR count). The summed E-state index contributed by atoms with van der Waals surface area (Å²) in [6.45, 7) is -7.69. The molecule has 0 aromatic heterocycles. The molecule has 1 atom stereocenters. The molecule has 10 nitrogen and oxygen atoms in total. The molecule has 0 aromatic carbocycles. The summed E-state index contributed by atoms with van der Waals surface area (Å²) in [5.41, 5.74) is 0. The number of sulfonamides is 1. The van der Waals surface area contributed by atoms with E-state index in [9.17, 15) is 96.6 Å². The summed E-state index contributed by atoms with van der Waals surface area (Å²) in [4.78, 5) is 0.786. The fraction of sp³-hybridized carbons (Fsp3) is 1.00. The van der Waals surface area contributed by atoms with E-state index >= 15 is 0 Å². The largest absolute Gasteiger partial charge is 0.460 e. The predicted octanol–water partition coefficient (Wildman–Crippen LogP) is 2.51. The van der Waals surface area contributed by atoms with Crippen molar-refractivity contribution in [3.63, 3.8) is 0 Å². The summed E-state index contributed by atoms with van der Waals surface area (Å²) in [5.74, 6) is -54.6. The second kappa shape index (κ2) is 14.4. The van der Waals surface area contributed by atoms with Crippen LogP contribution in [0.2, 0.25) is 0 Å². The van der Waals surface area contributed by atoms with E-state index in [1.54, 1.807) is 0 Å². The number of rotatable bonds is 20. The van der Waals surface area contributed by atoms with Crippen LogP contribution in [0.5, 0.6) is 0 Å². The predicted molar refractivity (Wildman–Crippen MR) is 119 cm³/mol. The maximum absolute atomic E-state index is 14.7. The summed E-state index contributed by atoms with van der Waals surface area (Å²) in [7, 11) is -13.1. The van der Waals surface area contributed by atoms with E-state index in [2.05, 4.69) is 0 Å². The molecule has 0 radical (unpaired) electrons. The molecular weight excluding hydrogens is 759 g/mol. The van der Waals surface area contributed by atoms with Gasteiger partial charge < -0.3 is 15.3 Å². The smallest absolute Gasteiger partial charge is 0.395 e. The van der Waals surface area contributed by atoms with E-state index in [0.717, 1.165) is 4.90 Å². The third kappa shape index (κ3) is 8.44. The van der Waals surface area contributed by atoms with Crippen molar-refractivity contribution in [1.29, 1.82) is 0 Å². The molecule has 0 aliphatic carbocycles. The van der Waals surface area contributed by atoms with Crippen molar-refractivity contribution >= 4 is 20.1 Å². The van der Waals surface area contributed by atoms with Gasteiger partial charge in [0.25, 0.3) is 20.1 Å². The van der Waals surface area contributed by atoms with Gasteiger partial charge in [0.05, 0.1) is 25.1 Å². The maximum atomic E-state index is 14.7. The molecule has 0 aromatic rings. The Morgan fingerprint density at radius 1 is 0.553 bits per heavy atom. The van der Waals surface area contributed by atoms with E-state index < -0.39 is 136 Å². The third-order valence-electron chi connectivity index (χ3n) is 5.88. The molecular formula is C18H23F17N2O8S2. The van der Waals surface area contributed by atoms with Crippen LogP contribution in [-0.4, -0.2) is 151 Å². The van der Waals surface area contributed by atoms with Crippen LogP contribution in [0.4, 0.5) is 74.6 Å². The Hall–Kier alpha value is -1.53. The highest BCUT2D eigenvalue weighted by Crippen LogP contribution is 2.64. The van der Waals surface area contributed by atoms with Crippen LogP contribution in [0.15, 0.2) is 0 Å². The molecule has 29 heteroatoms. The zero-order valence-electron chi connectivity index (χ0n) is 22.5. The van der Waals surface area contributed by atoms with Crippen molar-refractivity contribution in [3.05, 3.63) is 0 Å². The fourth-order valence-electron chi connectivity index (χ4n) is 3.37. The van der Waals surface area contributed by atoms with Crippen LogP contribution in [-0.2, 0) is 20.1 Å². The Balaban J connectivity index is 7.10. The Morgan fingerprint density at radius 3 is 1.26 bits per heavy atom. The first kappa shape index (κ1) is 45.5. The number of alkyl halides is 17. The highest BCUT2D eigenvalue weighted by atomic mass is 32.2. The van der Waals surface area contributed by atoms with Gasteiger partial charge in [0.15, 0.2) is 0 Å². The number of aliphatic hydroxyl groups excluding tert-OH is 3. The standard InChI is InChI=1S/C18H23F17N2O8S2/c19-11(20,13(23,24)15(27,28)17(31,32)33)12(21,22)14(25,26)16(29,30)18(34,35)47(44,45)37(2-1-7-46(41,42)43)9-10(40)8-36(3-5-38)4-6-39/h10,38-40H,1-9H2,(H,41,42,43). The summed E-state index contributed by atoms with van der Waals surface area (Å²) in [5, 5.41) is 19.9. The van der Waals surface area contributed by atoms with Gasteiger partial charge in [-0.25, -0.2) is 8.42 Å². The molecule has 0 aliphatic heterocycles. The zero-order valence-corrected chi connectivity index (χ0v) is 24.1. The van der Waals surface area contributed by atoms with Gasteiger partial charge >= 0.3 is 47.0 Å². The highest BCUT2D eigenvalue weighted by Gasteiger charge is 2.96. The maximum Gasteiger partial charge on any atom is 0.460 e. The van der Waals surface area contributed by atoms with Gasteiger partial charge in [0.2, 0.25) is 0 Å². The Labute approximate surface area is 252 Å². The summed E-state index contributed by atoms with van der Waals surface area (Å²) in [6.07, 6.45) is -12.0. The van der Waals surface area contributed by atoms with Crippen LogP contribution in [0.1, 0.15) is 6.42 Å². The van der Waals surface area contributed by atoms with E-state index in [1.165, 1.54) is 0 Å². The Kier molecular flexibility index (Phi) is 13.9. The van der Waals surface area contributed by atoms with Gasteiger partial charge in [-0.05, 0) is 6.42 Å². The lowest BCUT2D eigenvalue weighted by molar-refractivity contribution is -0.458. The Bertz CT molecular complexity index is 1260. The van der Waals surface area contributed by atoms with Crippen molar-refractivity contribution in [2.24, 2.45) is 0 Å². The van der Waals surface area contributed by atoms with Crippen molar-refractivity contribution in [2.75, 3.05) is 51.7 Å². The molecule has 0 saturated heterocycles. The van der Waals surface area contributed by atoms with Crippen LogP contribution >= 0.6 is 0 Å². The molecule has 47 heavy (non-hydrogen) atoms. The van der Waals surface area contributed by atoms with Crippen LogP contribution in [0.3, 0.4) is 0 Å². The van der Waals surface area contributed by atoms with E-state index in [1.807, 2.05) is 0 Å². The van der Waals surface area contributed by atoms with Crippen molar-refractivity contribution in [2.45, 2.75) is 59.5 Å². The quantitative estimate of drug-likeness (QED) is 0.108. The number of aliphatic hydroxyl groups is 3. The normalized spacial score (nSPS) is 16.3.